The summed E-state index contributed by atoms with van der Waals surface area (Å²) in [7, 11) is 0. The highest BCUT2D eigenvalue weighted by atomic mass is 15.0. The van der Waals surface area contributed by atoms with Crippen LogP contribution in [0.3, 0.4) is 0 Å². The molecule has 250 valence electrons. The summed E-state index contributed by atoms with van der Waals surface area (Å²) in [6.45, 7) is 0. The number of rotatable bonds is 3. The maximum Gasteiger partial charge on any atom is 0.0973 e. The molecule has 0 atom stereocenters. The van der Waals surface area contributed by atoms with Crippen molar-refractivity contribution in [1.82, 2.24) is 19.1 Å². The number of fused-ring (bicyclic) bond motifs is 12. The predicted octanol–water partition coefficient (Wildman–Crippen LogP) is 12.8. The zero-order valence-electron chi connectivity index (χ0n) is 29.1. The summed E-state index contributed by atoms with van der Waals surface area (Å²) in [4.78, 5) is 10.3. The number of hydrogen-bond acceptors (Lipinski definition) is 2. The summed E-state index contributed by atoms with van der Waals surface area (Å²) in [5.41, 5.74) is 17.7. The van der Waals surface area contributed by atoms with Gasteiger partial charge in [0.1, 0.15) is 0 Å². The van der Waals surface area contributed by atoms with Crippen LogP contribution >= 0.6 is 0 Å². The monoisotopic (exact) mass is 686 g/mol. The summed E-state index contributed by atoms with van der Waals surface area (Å²) in [6.07, 6.45) is 0. The van der Waals surface area contributed by atoms with Crippen molar-refractivity contribution in [2.45, 2.75) is 0 Å². The second kappa shape index (κ2) is 11.1. The Morgan fingerprint density at radius 3 is 1.65 bits per heavy atom. The summed E-state index contributed by atoms with van der Waals surface area (Å²) >= 11 is 0. The minimum atomic E-state index is 0.876. The van der Waals surface area contributed by atoms with Crippen molar-refractivity contribution < 1.29 is 0 Å². The molecular weight excluding hydrogens is 657 g/mol. The molecule has 0 fully saturated rings. The fourth-order valence-corrected chi connectivity index (χ4v) is 8.89. The van der Waals surface area contributed by atoms with Gasteiger partial charge in [-0.2, -0.15) is 0 Å². The largest absolute Gasteiger partial charge is 0.309 e. The molecule has 4 nitrogen and oxygen atoms in total. The molecular formula is C50H30N4. The highest BCUT2D eigenvalue weighted by Gasteiger charge is 2.26. The van der Waals surface area contributed by atoms with Crippen molar-refractivity contribution in [2.75, 3.05) is 0 Å². The predicted molar refractivity (Wildman–Crippen MR) is 224 cm³/mol. The minimum absolute atomic E-state index is 0.876. The van der Waals surface area contributed by atoms with Crippen molar-refractivity contribution in [3.05, 3.63) is 182 Å². The van der Waals surface area contributed by atoms with Gasteiger partial charge in [-0.15, -0.1) is 0 Å². The maximum absolute atomic E-state index is 5.17. The van der Waals surface area contributed by atoms with E-state index in [9.17, 15) is 0 Å². The van der Waals surface area contributed by atoms with Gasteiger partial charge in [-0.25, -0.2) is 9.97 Å². The summed E-state index contributed by atoms with van der Waals surface area (Å²) in [5.74, 6) is 0. The topological polar surface area (TPSA) is 35.6 Å². The van der Waals surface area contributed by atoms with Crippen molar-refractivity contribution >= 4 is 54.6 Å². The van der Waals surface area contributed by atoms with Gasteiger partial charge >= 0.3 is 0 Å². The molecule has 4 heterocycles. The second-order valence-corrected chi connectivity index (χ2v) is 14.2. The lowest BCUT2D eigenvalue weighted by Crippen LogP contribution is -1.97. The van der Waals surface area contributed by atoms with Crippen LogP contribution in [0.25, 0.3) is 111 Å². The molecule has 0 saturated carbocycles. The molecule has 1 aliphatic rings. The molecule has 0 unspecified atom stereocenters. The van der Waals surface area contributed by atoms with Crippen LogP contribution in [0.4, 0.5) is 0 Å². The van der Waals surface area contributed by atoms with Crippen molar-refractivity contribution in [1.29, 1.82) is 0 Å². The van der Waals surface area contributed by atoms with Crippen LogP contribution in [0.2, 0.25) is 0 Å². The smallest absolute Gasteiger partial charge is 0.0973 e. The Morgan fingerprint density at radius 1 is 0.333 bits per heavy atom. The first-order valence-electron chi connectivity index (χ1n) is 18.4. The fraction of sp³-hybridized carbons (Fsp3) is 0. The van der Waals surface area contributed by atoms with E-state index in [1.165, 1.54) is 71.6 Å². The lowest BCUT2D eigenvalue weighted by molar-refractivity contribution is 1.18. The van der Waals surface area contributed by atoms with Gasteiger partial charge in [-0.1, -0.05) is 127 Å². The van der Waals surface area contributed by atoms with E-state index in [0.717, 1.165) is 39.2 Å². The zero-order valence-corrected chi connectivity index (χ0v) is 29.1. The van der Waals surface area contributed by atoms with E-state index in [2.05, 4.69) is 161 Å². The van der Waals surface area contributed by atoms with E-state index in [1.54, 1.807) is 0 Å². The highest BCUT2D eigenvalue weighted by Crippen LogP contribution is 2.49. The Hall–Kier alpha value is -7.30. The number of benzene rings is 8. The molecule has 12 rings (SSSR count). The molecule has 0 amide bonds. The van der Waals surface area contributed by atoms with E-state index < -0.39 is 0 Å². The van der Waals surface area contributed by atoms with Gasteiger partial charge in [0.15, 0.2) is 0 Å². The van der Waals surface area contributed by atoms with Crippen molar-refractivity contribution in [3.8, 4) is 56.1 Å². The first-order chi connectivity index (χ1) is 26.8. The molecule has 0 spiro atoms. The Morgan fingerprint density at radius 2 is 0.889 bits per heavy atom. The maximum atomic E-state index is 5.17. The van der Waals surface area contributed by atoms with Crippen LogP contribution in [0.1, 0.15) is 0 Å². The molecule has 1 aliphatic heterocycles. The molecule has 0 N–H and O–H groups in total. The number of aromatic nitrogens is 4. The molecule has 0 saturated heterocycles. The van der Waals surface area contributed by atoms with E-state index >= 15 is 0 Å². The lowest BCUT2D eigenvalue weighted by atomic mass is 9.92. The highest BCUT2D eigenvalue weighted by molar-refractivity contribution is 6.19. The minimum Gasteiger partial charge on any atom is -0.309 e. The number of para-hydroxylation sites is 6. The number of nitrogens with zero attached hydrogens (tertiary/aromatic N) is 4. The van der Waals surface area contributed by atoms with Gasteiger partial charge in [0.2, 0.25) is 0 Å². The number of hydrogen-bond donors (Lipinski definition) is 0. The third-order valence-corrected chi connectivity index (χ3v) is 11.2. The Kier molecular flexibility index (Phi) is 6.02. The fourth-order valence-electron chi connectivity index (χ4n) is 8.89. The van der Waals surface area contributed by atoms with E-state index in [4.69, 9.17) is 9.97 Å². The van der Waals surface area contributed by atoms with E-state index in [0.29, 0.717) is 0 Å². The van der Waals surface area contributed by atoms with E-state index in [-0.39, 0.29) is 0 Å². The Balaban J connectivity index is 1.10. The van der Waals surface area contributed by atoms with Gasteiger partial charge in [0.25, 0.3) is 0 Å². The molecule has 4 heteroatoms. The SMILES string of the molecule is c1ccc(-c2nc3ccccc3nc2-c2ccc(-n3c4ccccc4c4cc5c(cc43)-c3ccccc3-n3c4ccccc4c4cccc-5c43)cc2)cc1. The average Bonchev–Trinajstić information content (AvgIpc) is 3.71. The zero-order chi connectivity index (χ0) is 35.3. The third-order valence-electron chi connectivity index (χ3n) is 11.2. The Bertz CT molecular complexity index is 3310. The Labute approximate surface area is 310 Å². The van der Waals surface area contributed by atoms with Crippen LogP contribution < -0.4 is 0 Å². The quantitative estimate of drug-likeness (QED) is 0.185. The molecule has 3 aromatic heterocycles. The van der Waals surface area contributed by atoms with Crippen LogP contribution in [-0.4, -0.2) is 19.1 Å². The van der Waals surface area contributed by atoms with Crippen LogP contribution in [0.15, 0.2) is 182 Å². The molecule has 0 bridgehead atoms. The van der Waals surface area contributed by atoms with Crippen LogP contribution in [0.5, 0.6) is 0 Å². The van der Waals surface area contributed by atoms with Crippen molar-refractivity contribution in [2.24, 2.45) is 0 Å². The van der Waals surface area contributed by atoms with Gasteiger partial charge in [0, 0.05) is 49.5 Å². The van der Waals surface area contributed by atoms with Gasteiger partial charge in [-0.05, 0) is 65.7 Å². The second-order valence-electron chi connectivity index (χ2n) is 14.2. The molecule has 11 aromatic rings. The standard InChI is InChI=1S/C50H30N4/c1-2-13-31(14-3-1)48-49(52-43-21-8-7-20-42(43)51-48)32-25-27-33(28-26-32)53-44-22-9-6-17-36(44)41-29-39-38-19-12-18-37-34-15-4-10-23-45(34)54(50(37)38)46-24-11-5-16-35(46)40(39)30-47(41)53/h1-30H. The first-order valence-corrected chi connectivity index (χ1v) is 18.4. The van der Waals surface area contributed by atoms with Gasteiger partial charge in [-0.3, -0.25) is 0 Å². The summed E-state index contributed by atoms with van der Waals surface area (Å²) < 4.78 is 4.90. The van der Waals surface area contributed by atoms with Crippen LogP contribution in [-0.2, 0) is 0 Å². The molecule has 0 aliphatic carbocycles. The van der Waals surface area contributed by atoms with E-state index in [1.807, 2.05) is 30.3 Å². The van der Waals surface area contributed by atoms with Gasteiger partial charge in [0.05, 0.1) is 50.2 Å². The third kappa shape index (κ3) is 4.08. The first kappa shape index (κ1) is 29.3. The van der Waals surface area contributed by atoms with Crippen molar-refractivity contribution in [3.63, 3.8) is 0 Å². The van der Waals surface area contributed by atoms with Gasteiger partial charge < -0.3 is 9.13 Å². The summed E-state index contributed by atoms with van der Waals surface area (Å²) in [6, 6.07) is 65.4. The summed E-state index contributed by atoms with van der Waals surface area (Å²) in [5, 5.41) is 5.02. The van der Waals surface area contributed by atoms with Crippen LogP contribution in [0, 0.1) is 0 Å². The normalized spacial score (nSPS) is 12.1. The lowest BCUT2D eigenvalue weighted by Gasteiger charge is -2.15. The molecule has 0 radical (unpaired) electrons. The molecule has 8 aromatic carbocycles. The average molecular weight is 687 g/mol. The molecule has 54 heavy (non-hydrogen) atoms.